The van der Waals surface area contributed by atoms with Gasteiger partial charge in [0.2, 0.25) is 0 Å². The monoisotopic (exact) mass is 343 g/mol. The van der Waals surface area contributed by atoms with Crippen molar-refractivity contribution in [1.29, 1.82) is 0 Å². The second-order valence-electron chi connectivity index (χ2n) is 7.02. The molecule has 0 unspecified atom stereocenters. The maximum absolute atomic E-state index is 3.20. The third-order valence-electron chi connectivity index (χ3n) is 4.29. The van der Waals surface area contributed by atoms with E-state index < -0.39 is 0 Å². The summed E-state index contributed by atoms with van der Waals surface area (Å²) in [6.07, 6.45) is 16.9. The van der Waals surface area contributed by atoms with Gasteiger partial charge in [-0.05, 0) is 27.1 Å². The lowest BCUT2D eigenvalue weighted by atomic mass is 10.1. The molecule has 1 rings (SSSR count). The van der Waals surface area contributed by atoms with Crippen LogP contribution in [0.4, 0.5) is 0 Å². The Morgan fingerprint density at radius 3 is 1.50 bits per heavy atom. The highest BCUT2D eigenvalue weighted by Gasteiger charge is 2.01. The van der Waals surface area contributed by atoms with Crippen molar-refractivity contribution in [2.75, 3.05) is 40.4 Å². The highest BCUT2D eigenvalue weighted by Crippen LogP contribution is 2.04. The summed E-state index contributed by atoms with van der Waals surface area (Å²) in [4.78, 5) is 2.25. The fraction of sp³-hybridized carbons (Fsp3) is 1.00. The Balaban J connectivity index is 0. The van der Waals surface area contributed by atoms with Gasteiger partial charge in [-0.1, -0.05) is 91.4 Å². The van der Waals surface area contributed by atoms with Crippen molar-refractivity contribution >= 4 is 0 Å². The minimum Gasteiger partial charge on any atom is -0.320 e. The Morgan fingerprint density at radius 1 is 0.750 bits per heavy atom. The van der Waals surface area contributed by atoms with E-state index in [9.17, 15) is 0 Å². The lowest BCUT2D eigenvalue weighted by Crippen LogP contribution is -2.15. The van der Waals surface area contributed by atoms with Crippen LogP contribution >= 0.6 is 0 Å². The Bertz CT molecular complexity index is 178. The number of nitrogens with one attached hydrogen (secondary N) is 2. The first-order valence-corrected chi connectivity index (χ1v) is 10.8. The van der Waals surface area contributed by atoms with Crippen molar-refractivity contribution < 1.29 is 0 Å². The van der Waals surface area contributed by atoms with Crippen molar-refractivity contribution in [3.63, 3.8) is 0 Å². The lowest BCUT2D eigenvalue weighted by Gasteiger charge is -1.99. The van der Waals surface area contributed by atoms with E-state index in [0.29, 0.717) is 0 Å². The van der Waals surface area contributed by atoms with E-state index >= 15 is 0 Å². The van der Waals surface area contributed by atoms with Gasteiger partial charge < -0.3 is 10.6 Å². The van der Waals surface area contributed by atoms with Gasteiger partial charge >= 0.3 is 0 Å². The zero-order chi connectivity index (χ0) is 18.3. The van der Waals surface area contributed by atoms with Crippen molar-refractivity contribution in [3.8, 4) is 0 Å². The van der Waals surface area contributed by atoms with Crippen LogP contribution in [-0.2, 0) is 0 Å². The van der Waals surface area contributed by atoms with Gasteiger partial charge in [0.1, 0.15) is 0 Å². The summed E-state index contributed by atoms with van der Waals surface area (Å²) < 4.78 is 0. The SMILES string of the molecule is CCCCCCCC.CCCCCCCCNC.CN1CCNC1. The first-order chi connectivity index (χ1) is 11.7. The molecule has 0 radical (unpaired) electrons. The zero-order valence-corrected chi connectivity index (χ0v) is 17.8. The van der Waals surface area contributed by atoms with Gasteiger partial charge in [0.25, 0.3) is 0 Å². The number of hydrogen-bond acceptors (Lipinski definition) is 3. The molecule has 1 heterocycles. The van der Waals surface area contributed by atoms with Crippen molar-refractivity contribution in [1.82, 2.24) is 15.5 Å². The van der Waals surface area contributed by atoms with E-state index in [1.54, 1.807) is 0 Å². The minimum absolute atomic E-state index is 1.07. The highest BCUT2D eigenvalue weighted by atomic mass is 15.3. The number of likely N-dealkylation sites (N-methyl/N-ethyl adjacent to an activating group) is 1. The number of unbranched alkanes of at least 4 members (excludes halogenated alkanes) is 10. The average Bonchev–Trinajstić information content (AvgIpc) is 3.07. The number of nitrogens with zero attached hydrogens (tertiary/aromatic N) is 1. The molecule has 0 amide bonds. The maximum Gasteiger partial charge on any atom is 0.0478 e. The zero-order valence-electron chi connectivity index (χ0n) is 17.8. The molecule has 0 atom stereocenters. The van der Waals surface area contributed by atoms with Crippen LogP contribution < -0.4 is 10.6 Å². The van der Waals surface area contributed by atoms with Crippen molar-refractivity contribution in [3.05, 3.63) is 0 Å². The highest BCUT2D eigenvalue weighted by molar-refractivity contribution is 4.59. The molecule has 1 aliphatic rings. The minimum atomic E-state index is 1.07. The van der Waals surface area contributed by atoms with Gasteiger partial charge in [-0.3, -0.25) is 4.90 Å². The van der Waals surface area contributed by atoms with E-state index in [4.69, 9.17) is 0 Å². The molecule has 0 aromatic heterocycles. The molecule has 3 nitrogen and oxygen atoms in total. The van der Waals surface area contributed by atoms with Crippen LogP contribution in [0.15, 0.2) is 0 Å². The number of rotatable bonds is 12. The van der Waals surface area contributed by atoms with E-state index in [-0.39, 0.29) is 0 Å². The van der Waals surface area contributed by atoms with E-state index in [1.807, 2.05) is 7.05 Å². The molecule has 2 N–H and O–H groups in total. The molecule has 0 bridgehead atoms. The standard InChI is InChI=1S/C9H21N.C8H18.C4H10N2/c1-3-4-5-6-7-8-9-10-2;1-3-5-7-8-6-4-2;1-6-3-2-5-4-6/h10H,3-9H2,1-2H3;3-8H2,1-2H3;5H,2-4H2,1H3. The van der Waals surface area contributed by atoms with Crippen LogP contribution in [0.25, 0.3) is 0 Å². The first kappa shape index (κ1) is 26.1. The van der Waals surface area contributed by atoms with Crippen LogP contribution in [0.1, 0.15) is 97.8 Å². The summed E-state index contributed by atoms with van der Waals surface area (Å²) in [6, 6.07) is 0. The molecule has 1 saturated heterocycles. The molecule has 24 heavy (non-hydrogen) atoms. The predicted molar refractivity (Wildman–Crippen MR) is 112 cm³/mol. The average molecular weight is 344 g/mol. The Kier molecular flexibility index (Phi) is 27.3. The van der Waals surface area contributed by atoms with Crippen LogP contribution in [0.2, 0.25) is 0 Å². The van der Waals surface area contributed by atoms with E-state index in [0.717, 1.165) is 13.2 Å². The fourth-order valence-electron chi connectivity index (χ4n) is 2.55. The second kappa shape index (κ2) is 25.1. The maximum atomic E-state index is 3.20. The molecule has 0 aliphatic carbocycles. The van der Waals surface area contributed by atoms with Gasteiger partial charge in [0.05, 0.1) is 0 Å². The van der Waals surface area contributed by atoms with Gasteiger partial charge in [-0.2, -0.15) is 0 Å². The molecule has 3 heteroatoms. The molecule has 0 aromatic carbocycles. The number of hydrogen-bond donors (Lipinski definition) is 2. The summed E-state index contributed by atoms with van der Waals surface area (Å²) in [5, 5.41) is 6.36. The normalized spacial score (nSPS) is 13.9. The van der Waals surface area contributed by atoms with Crippen LogP contribution in [0.5, 0.6) is 0 Å². The Hall–Kier alpha value is -0.120. The summed E-state index contributed by atoms with van der Waals surface area (Å²) in [7, 11) is 4.13. The third-order valence-corrected chi connectivity index (χ3v) is 4.29. The van der Waals surface area contributed by atoms with Crippen LogP contribution in [-0.4, -0.2) is 45.3 Å². The summed E-state index contributed by atoms with van der Waals surface area (Å²) in [6.45, 7) is 11.4. The third kappa shape index (κ3) is 26.8. The van der Waals surface area contributed by atoms with Gasteiger partial charge in [-0.25, -0.2) is 0 Å². The summed E-state index contributed by atoms with van der Waals surface area (Å²) >= 11 is 0. The molecule has 1 aliphatic heterocycles. The Labute approximate surface area is 154 Å². The topological polar surface area (TPSA) is 27.3 Å². The quantitative estimate of drug-likeness (QED) is 0.464. The molecular formula is C21H49N3. The molecular weight excluding hydrogens is 294 g/mol. The largest absolute Gasteiger partial charge is 0.320 e. The van der Waals surface area contributed by atoms with E-state index in [2.05, 4.69) is 43.4 Å². The first-order valence-electron chi connectivity index (χ1n) is 10.8. The molecule has 148 valence electrons. The fourth-order valence-corrected chi connectivity index (χ4v) is 2.55. The van der Waals surface area contributed by atoms with Crippen LogP contribution in [0.3, 0.4) is 0 Å². The predicted octanol–water partition coefficient (Wildman–Crippen LogP) is 5.41. The smallest absolute Gasteiger partial charge is 0.0478 e. The lowest BCUT2D eigenvalue weighted by molar-refractivity contribution is 0.412. The molecule has 0 spiro atoms. The van der Waals surface area contributed by atoms with Crippen molar-refractivity contribution in [2.45, 2.75) is 97.8 Å². The molecule has 0 saturated carbocycles. The summed E-state index contributed by atoms with van der Waals surface area (Å²) in [5.41, 5.74) is 0. The van der Waals surface area contributed by atoms with Gasteiger partial charge in [-0.15, -0.1) is 0 Å². The Morgan fingerprint density at radius 2 is 1.21 bits per heavy atom. The van der Waals surface area contributed by atoms with Gasteiger partial charge in [0.15, 0.2) is 0 Å². The van der Waals surface area contributed by atoms with Crippen LogP contribution in [0, 0.1) is 0 Å². The van der Waals surface area contributed by atoms with Gasteiger partial charge in [0, 0.05) is 19.8 Å². The second-order valence-corrected chi connectivity index (χ2v) is 7.02. The van der Waals surface area contributed by atoms with E-state index in [1.165, 1.54) is 90.1 Å². The molecule has 1 fully saturated rings. The summed E-state index contributed by atoms with van der Waals surface area (Å²) in [5.74, 6) is 0. The van der Waals surface area contributed by atoms with Crippen molar-refractivity contribution in [2.24, 2.45) is 0 Å². The molecule has 0 aromatic rings.